The second-order valence-electron chi connectivity index (χ2n) is 0.892. The molecule has 0 rings (SSSR count). The van der Waals surface area contributed by atoms with Gasteiger partial charge >= 0.3 is 0 Å². The van der Waals surface area contributed by atoms with E-state index in [0.29, 0.717) is 0 Å². The highest BCUT2D eigenvalue weighted by molar-refractivity contribution is 8.12. The van der Waals surface area contributed by atoms with E-state index in [1.165, 1.54) is 6.20 Å². The van der Waals surface area contributed by atoms with Crippen LogP contribution in [0.5, 0.6) is 0 Å². The minimum Gasteiger partial charge on any atom is -0.259 e. The molecule has 0 saturated carbocycles. The van der Waals surface area contributed by atoms with Gasteiger partial charge in [0.1, 0.15) is 0 Å². The van der Waals surface area contributed by atoms with Gasteiger partial charge in [-0.3, -0.25) is 4.99 Å². The summed E-state index contributed by atoms with van der Waals surface area (Å²) in [6, 6.07) is 0. The van der Waals surface area contributed by atoms with Crippen molar-refractivity contribution in [3.8, 4) is 0 Å². The monoisotopic (exact) mass is 115 g/mol. The Hall–Kier alpha value is -0.240. The first kappa shape index (κ1) is 6.76. The second kappa shape index (κ2) is 5.76. The van der Waals surface area contributed by atoms with Crippen molar-refractivity contribution in [3.63, 3.8) is 0 Å². The topological polar surface area (TPSA) is 12.4 Å². The number of thioether (sulfide) groups is 1. The van der Waals surface area contributed by atoms with E-state index < -0.39 is 0 Å². The van der Waals surface area contributed by atoms with Gasteiger partial charge in [0, 0.05) is 6.20 Å². The fraction of sp³-hybridized carbons (Fsp3) is 0.400. The molecule has 0 amide bonds. The molecule has 0 aromatic carbocycles. The Bertz CT molecular complexity index is 68.5. The maximum absolute atomic E-state index is 3.76. The molecule has 40 valence electrons. The Kier molecular flexibility index (Phi) is 5.56. The molecule has 0 unspecified atom stereocenters. The molecule has 0 aliphatic rings. The zero-order valence-electron chi connectivity index (χ0n) is 4.42. The Morgan fingerprint density at radius 2 is 2.57 bits per heavy atom. The van der Waals surface area contributed by atoms with Gasteiger partial charge in [-0.2, -0.15) is 0 Å². The molecule has 0 radical (unpaired) electrons. The minimum absolute atomic E-state index is 1.08. The molecule has 0 bridgehead atoms. The van der Waals surface area contributed by atoms with Gasteiger partial charge in [0.05, 0.1) is 5.55 Å². The molecule has 0 aliphatic heterocycles. The van der Waals surface area contributed by atoms with Crippen LogP contribution in [-0.2, 0) is 0 Å². The Labute approximate surface area is 48.5 Å². The summed E-state index contributed by atoms with van der Waals surface area (Å²) in [6.07, 6.45) is 1.53. The average molecular weight is 115 g/mol. The van der Waals surface area contributed by atoms with Gasteiger partial charge in [-0.1, -0.05) is 13.5 Å². The smallest absolute Gasteiger partial charge is 0.0596 e. The third-order valence-corrected chi connectivity index (χ3v) is 1.01. The first-order valence-electron chi connectivity index (χ1n) is 2.16. The van der Waals surface area contributed by atoms with Crippen LogP contribution < -0.4 is 0 Å². The quantitative estimate of drug-likeness (QED) is 0.404. The molecule has 0 atom stereocenters. The summed E-state index contributed by atoms with van der Waals surface area (Å²) in [4.78, 5) is 3.76. The van der Waals surface area contributed by atoms with Gasteiger partial charge < -0.3 is 0 Å². The van der Waals surface area contributed by atoms with E-state index in [9.17, 15) is 0 Å². The second-order valence-corrected chi connectivity index (χ2v) is 2.01. The van der Waals surface area contributed by atoms with Gasteiger partial charge in [0.25, 0.3) is 0 Å². The van der Waals surface area contributed by atoms with Crippen LogP contribution in [0.4, 0.5) is 0 Å². The summed E-state index contributed by atoms with van der Waals surface area (Å²) in [5.74, 6) is 1.08. The van der Waals surface area contributed by atoms with Gasteiger partial charge in [0.2, 0.25) is 0 Å². The number of hydrogen-bond donors (Lipinski definition) is 0. The van der Waals surface area contributed by atoms with Crippen LogP contribution in [0.2, 0.25) is 0 Å². The highest BCUT2D eigenvalue weighted by atomic mass is 32.2. The first-order chi connectivity index (χ1) is 3.41. The van der Waals surface area contributed by atoms with Gasteiger partial charge in [-0.25, -0.2) is 0 Å². The van der Waals surface area contributed by atoms with Crippen LogP contribution in [-0.4, -0.2) is 11.3 Å². The third kappa shape index (κ3) is 5.76. The predicted octanol–water partition coefficient (Wildman–Crippen LogP) is 1.91. The number of aliphatic imine (C=N–C) groups is 1. The summed E-state index contributed by atoms with van der Waals surface area (Å²) >= 11 is 1.67. The molecule has 0 heterocycles. The zero-order valence-corrected chi connectivity index (χ0v) is 5.24. The molecule has 0 aromatic heterocycles. The van der Waals surface area contributed by atoms with Gasteiger partial charge in [0.15, 0.2) is 0 Å². The molecule has 0 aliphatic carbocycles. The fourth-order valence-electron chi connectivity index (χ4n) is 0.161. The molecular formula is C5H9NS. The highest BCUT2D eigenvalue weighted by Gasteiger charge is 1.66. The maximum Gasteiger partial charge on any atom is 0.0596 e. The van der Waals surface area contributed by atoms with E-state index in [2.05, 4.69) is 18.5 Å². The maximum atomic E-state index is 3.76. The Balaban J connectivity index is 2.92. The Morgan fingerprint density at radius 1 is 1.86 bits per heavy atom. The van der Waals surface area contributed by atoms with E-state index in [0.717, 1.165) is 5.75 Å². The molecule has 0 N–H and O–H groups in total. The normalized spacial score (nSPS) is 9.86. The number of rotatable bonds is 3. The lowest BCUT2D eigenvalue weighted by Gasteiger charge is -1.77. The predicted molar refractivity (Wildman–Crippen MR) is 36.8 cm³/mol. The van der Waals surface area contributed by atoms with Crippen molar-refractivity contribution in [2.75, 3.05) is 5.75 Å². The zero-order chi connectivity index (χ0) is 5.54. The lowest BCUT2D eigenvalue weighted by molar-refractivity contribution is 1.54. The first-order valence-corrected chi connectivity index (χ1v) is 3.20. The Morgan fingerprint density at radius 3 is 3.00 bits per heavy atom. The van der Waals surface area contributed by atoms with Crippen molar-refractivity contribution in [2.45, 2.75) is 6.92 Å². The molecular weight excluding hydrogens is 106 g/mol. The van der Waals surface area contributed by atoms with Gasteiger partial charge in [-0.05, 0) is 5.75 Å². The molecule has 7 heavy (non-hydrogen) atoms. The van der Waals surface area contributed by atoms with E-state index in [1.807, 2.05) is 0 Å². The molecule has 0 fully saturated rings. The van der Waals surface area contributed by atoms with E-state index >= 15 is 0 Å². The lowest BCUT2D eigenvalue weighted by Crippen LogP contribution is -1.62. The summed E-state index contributed by atoms with van der Waals surface area (Å²) in [5.41, 5.74) is 1.78. The van der Waals surface area contributed by atoms with Crippen molar-refractivity contribution in [2.24, 2.45) is 4.99 Å². The summed E-state index contributed by atoms with van der Waals surface area (Å²) < 4.78 is 0. The SMILES string of the molecule is C=C/N=C\SCC. The summed E-state index contributed by atoms with van der Waals surface area (Å²) in [6.45, 7) is 5.50. The summed E-state index contributed by atoms with van der Waals surface area (Å²) in [7, 11) is 0. The largest absolute Gasteiger partial charge is 0.259 e. The van der Waals surface area contributed by atoms with Crippen molar-refractivity contribution in [1.82, 2.24) is 0 Å². The van der Waals surface area contributed by atoms with Crippen molar-refractivity contribution in [3.05, 3.63) is 12.8 Å². The molecule has 1 nitrogen and oxygen atoms in total. The molecule has 0 saturated heterocycles. The average Bonchev–Trinajstić information content (AvgIpc) is 1.69. The number of hydrogen-bond acceptors (Lipinski definition) is 2. The third-order valence-electron chi connectivity index (χ3n) is 0.407. The molecule has 0 spiro atoms. The lowest BCUT2D eigenvalue weighted by atomic mass is 11.0. The van der Waals surface area contributed by atoms with Crippen molar-refractivity contribution < 1.29 is 0 Å². The highest BCUT2D eigenvalue weighted by Crippen LogP contribution is 1.90. The van der Waals surface area contributed by atoms with Crippen molar-refractivity contribution >= 4 is 17.3 Å². The standard InChI is InChI=1S/C5H9NS/c1-3-6-5-7-4-2/h3,5H,1,4H2,2H3/b6-5-. The van der Waals surface area contributed by atoms with Crippen LogP contribution in [0, 0.1) is 0 Å². The van der Waals surface area contributed by atoms with E-state index in [4.69, 9.17) is 0 Å². The fourth-order valence-corrected chi connectivity index (χ4v) is 0.482. The molecule has 2 heteroatoms. The van der Waals surface area contributed by atoms with Crippen LogP contribution in [0.3, 0.4) is 0 Å². The van der Waals surface area contributed by atoms with Crippen molar-refractivity contribution in [1.29, 1.82) is 0 Å². The minimum atomic E-state index is 1.08. The van der Waals surface area contributed by atoms with E-state index in [-0.39, 0.29) is 0 Å². The van der Waals surface area contributed by atoms with E-state index in [1.54, 1.807) is 17.3 Å². The van der Waals surface area contributed by atoms with Crippen LogP contribution in [0.25, 0.3) is 0 Å². The van der Waals surface area contributed by atoms with Gasteiger partial charge in [-0.15, -0.1) is 11.8 Å². The van der Waals surface area contributed by atoms with Crippen LogP contribution in [0.15, 0.2) is 17.8 Å². The van der Waals surface area contributed by atoms with Crippen LogP contribution >= 0.6 is 11.8 Å². The van der Waals surface area contributed by atoms with Crippen LogP contribution in [0.1, 0.15) is 6.92 Å². The number of nitrogens with zero attached hydrogens (tertiary/aromatic N) is 1. The summed E-state index contributed by atoms with van der Waals surface area (Å²) in [5, 5.41) is 0. The molecule has 0 aromatic rings.